The van der Waals surface area contributed by atoms with Gasteiger partial charge in [0.15, 0.2) is 0 Å². The first kappa shape index (κ1) is 15.4. The van der Waals surface area contributed by atoms with E-state index in [0.717, 1.165) is 31.2 Å². The maximum Gasteiger partial charge on any atom is 0.277 e. The summed E-state index contributed by atoms with van der Waals surface area (Å²) < 4.78 is 5.71. The highest BCUT2D eigenvalue weighted by Crippen LogP contribution is 2.33. The number of hydrogen-bond acceptors (Lipinski definition) is 5. The minimum atomic E-state index is 0. The number of rotatable bonds is 3. The van der Waals surface area contributed by atoms with Gasteiger partial charge < -0.3 is 10.2 Å². The average Bonchev–Trinajstić information content (AvgIpc) is 2.91. The standard InChI is InChI=1S/C14H17N3OS.ClH/c15-11-6-8-12(9-7-11)19-14-17-16-13(18-14)10-4-2-1-3-5-10;/h1-5,11-12H,6-9,15H2;1H. The van der Waals surface area contributed by atoms with Gasteiger partial charge >= 0.3 is 0 Å². The Kier molecular flexibility index (Phi) is 5.46. The molecule has 1 fully saturated rings. The van der Waals surface area contributed by atoms with Crippen molar-refractivity contribution in [1.82, 2.24) is 10.2 Å². The van der Waals surface area contributed by atoms with Crippen molar-refractivity contribution in [1.29, 1.82) is 0 Å². The van der Waals surface area contributed by atoms with Crippen LogP contribution in [0, 0.1) is 0 Å². The van der Waals surface area contributed by atoms with Gasteiger partial charge in [0.1, 0.15) is 0 Å². The number of nitrogens with zero attached hydrogens (tertiary/aromatic N) is 2. The van der Waals surface area contributed by atoms with Crippen LogP contribution < -0.4 is 5.73 Å². The zero-order valence-corrected chi connectivity index (χ0v) is 12.7. The van der Waals surface area contributed by atoms with Gasteiger partial charge in [-0.3, -0.25) is 0 Å². The number of benzene rings is 1. The second-order valence-corrected chi connectivity index (χ2v) is 6.15. The Morgan fingerprint density at radius 2 is 1.75 bits per heavy atom. The molecule has 0 saturated heterocycles. The molecule has 1 aliphatic carbocycles. The molecule has 0 atom stereocenters. The summed E-state index contributed by atoms with van der Waals surface area (Å²) in [6, 6.07) is 10.2. The number of halogens is 1. The molecule has 1 saturated carbocycles. The molecule has 108 valence electrons. The minimum Gasteiger partial charge on any atom is -0.411 e. The Hall–Kier alpha value is -1.04. The maximum absolute atomic E-state index is 5.91. The van der Waals surface area contributed by atoms with Crippen molar-refractivity contribution in [2.75, 3.05) is 0 Å². The molecule has 1 aromatic heterocycles. The highest BCUT2D eigenvalue weighted by molar-refractivity contribution is 7.99. The molecule has 2 N–H and O–H groups in total. The van der Waals surface area contributed by atoms with Crippen molar-refractivity contribution in [3.05, 3.63) is 30.3 Å². The van der Waals surface area contributed by atoms with Gasteiger partial charge in [-0.2, -0.15) is 0 Å². The van der Waals surface area contributed by atoms with Crippen molar-refractivity contribution in [2.45, 2.75) is 42.2 Å². The van der Waals surface area contributed by atoms with Crippen LogP contribution in [-0.4, -0.2) is 21.5 Å². The first-order chi connectivity index (χ1) is 9.31. The van der Waals surface area contributed by atoms with E-state index in [9.17, 15) is 0 Å². The molecular weight excluding hydrogens is 294 g/mol. The molecule has 4 nitrogen and oxygen atoms in total. The first-order valence-electron chi connectivity index (χ1n) is 6.62. The van der Waals surface area contributed by atoms with Gasteiger partial charge in [0.25, 0.3) is 5.22 Å². The average molecular weight is 312 g/mol. The lowest BCUT2D eigenvalue weighted by atomic mass is 9.96. The summed E-state index contributed by atoms with van der Waals surface area (Å²) in [5.41, 5.74) is 6.88. The van der Waals surface area contributed by atoms with Crippen LogP contribution in [0.3, 0.4) is 0 Å². The van der Waals surface area contributed by atoms with Crippen molar-refractivity contribution < 1.29 is 4.42 Å². The summed E-state index contributed by atoms with van der Waals surface area (Å²) in [4.78, 5) is 0. The second kappa shape index (κ2) is 7.11. The molecule has 3 rings (SSSR count). The van der Waals surface area contributed by atoms with Gasteiger partial charge in [-0.25, -0.2) is 0 Å². The largest absolute Gasteiger partial charge is 0.411 e. The fourth-order valence-electron chi connectivity index (χ4n) is 2.30. The summed E-state index contributed by atoms with van der Waals surface area (Å²) >= 11 is 1.69. The SMILES string of the molecule is Cl.NC1CCC(Sc2nnc(-c3ccccc3)o2)CC1. The van der Waals surface area contributed by atoms with Gasteiger partial charge in [-0.15, -0.1) is 22.6 Å². The van der Waals surface area contributed by atoms with Crippen LogP contribution in [0.1, 0.15) is 25.7 Å². The van der Waals surface area contributed by atoms with E-state index in [0.29, 0.717) is 22.4 Å². The van der Waals surface area contributed by atoms with Gasteiger partial charge in [0.05, 0.1) is 0 Å². The molecular formula is C14H18ClN3OS. The Balaban J connectivity index is 0.00000147. The molecule has 0 spiro atoms. The van der Waals surface area contributed by atoms with E-state index < -0.39 is 0 Å². The topological polar surface area (TPSA) is 64.9 Å². The van der Waals surface area contributed by atoms with E-state index in [1.807, 2.05) is 30.3 Å². The quantitative estimate of drug-likeness (QED) is 0.939. The molecule has 0 unspecified atom stereocenters. The van der Waals surface area contributed by atoms with E-state index in [4.69, 9.17) is 10.2 Å². The van der Waals surface area contributed by atoms with Crippen LogP contribution in [0.5, 0.6) is 0 Å². The van der Waals surface area contributed by atoms with Crippen molar-refractivity contribution in [3.63, 3.8) is 0 Å². The van der Waals surface area contributed by atoms with Gasteiger partial charge in [-0.05, 0) is 37.8 Å². The molecule has 2 aromatic rings. The fraction of sp³-hybridized carbons (Fsp3) is 0.429. The van der Waals surface area contributed by atoms with Crippen molar-refractivity contribution in [2.24, 2.45) is 5.73 Å². The summed E-state index contributed by atoms with van der Waals surface area (Å²) in [6.07, 6.45) is 4.46. The molecule has 0 bridgehead atoms. The van der Waals surface area contributed by atoms with E-state index in [1.54, 1.807) is 11.8 Å². The maximum atomic E-state index is 5.91. The van der Waals surface area contributed by atoms with Crippen LogP contribution in [0.25, 0.3) is 11.5 Å². The monoisotopic (exact) mass is 311 g/mol. The number of nitrogens with two attached hydrogens (primary N) is 1. The van der Waals surface area contributed by atoms with E-state index in [-0.39, 0.29) is 12.4 Å². The van der Waals surface area contributed by atoms with Gasteiger partial charge in [0.2, 0.25) is 5.89 Å². The smallest absolute Gasteiger partial charge is 0.277 e. The number of thioether (sulfide) groups is 1. The number of hydrogen-bond donors (Lipinski definition) is 1. The predicted molar refractivity (Wildman–Crippen MR) is 83.1 cm³/mol. The van der Waals surface area contributed by atoms with Crippen LogP contribution in [-0.2, 0) is 0 Å². The van der Waals surface area contributed by atoms with Gasteiger partial charge in [-0.1, -0.05) is 30.0 Å². The summed E-state index contributed by atoms with van der Waals surface area (Å²) in [5.74, 6) is 0.593. The second-order valence-electron chi connectivity index (χ2n) is 4.89. The van der Waals surface area contributed by atoms with Crippen molar-refractivity contribution >= 4 is 24.2 Å². The normalized spacial score (nSPS) is 22.2. The molecule has 0 amide bonds. The van der Waals surface area contributed by atoms with Gasteiger partial charge in [0, 0.05) is 16.9 Å². The van der Waals surface area contributed by atoms with Crippen LogP contribution in [0.4, 0.5) is 0 Å². The third kappa shape index (κ3) is 3.75. The predicted octanol–water partition coefficient (Wildman–Crippen LogP) is 3.52. The Labute approximate surface area is 128 Å². The van der Waals surface area contributed by atoms with E-state index in [1.165, 1.54) is 0 Å². The van der Waals surface area contributed by atoms with Crippen LogP contribution in [0.2, 0.25) is 0 Å². The Morgan fingerprint density at radius 1 is 1.05 bits per heavy atom. The highest BCUT2D eigenvalue weighted by Gasteiger charge is 2.21. The molecule has 1 aromatic carbocycles. The zero-order chi connectivity index (χ0) is 13.1. The van der Waals surface area contributed by atoms with E-state index in [2.05, 4.69) is 10.2 Å². The zero-order valence-electron chi connectivity index (χ0n) is 11.1. The third-order valence-corrected chi connectivity index (χ3v) is 4.58. The minimum absolute atomic E-state index is 0. The summed E-state index contributed by atoms with van der Waals surface area (Å²) in [6.45, 7) is 0. The van der Waals surface area contributed by atoms with E-state index >= 15 is 0 Å². The fourth-order valence-corrected chi connectivity index (χ4v) is 3.31. The first-order valence-corrected chi connectivity index (χ1v) is 7.50. The summed E-state index contributed by atoms with van der Waals surface area (Å²) in [7, 11) is 0. The van der Waals surface area contributed by atoms with Crippen LogP contribution >= 0.6 is 24.2 Å². The molecule has 1 heterocycles. The molecule has 0 radical (unpaired) electrons. The molecule has 6 heteroatoms. The number of aromatic nitrogens is 2. The summed E-state index contributed by atoms with van der Waals surface area (Å²) in [5, 5.41) is 9.45. The van der Waals surface area contributed by atoms with Crippen molar-refractivity contribution in [3.8, 4) is 11.5 Å². The highest BCUT2D eigenvalue weighted by atomic mass is 35.5. The lowest BCUT2D eigenvalue weighted by Gasteiger charge is -2.24. The molecule has 20 heavy (non-hydrogen) atoms. The Bertz CT molecular complexity index is 526. The van der Waals surface area contributed by atoms with Crippen LogP contribution in [0.15, 0.2) is 40.0 Å². The Morgan fingerprint density at radius 3 is 2.45 bits per heavy atom. The lowest BCUT2D eigenvalue weighted by Crippen LogP contribution is -2.27. The molecule has 0 aliphatic heterocycles. The molecule has 1 aliphatic rings. The third-order valence-electron chi connectivity index (χ3n) is 3.41. The lowest BCUT2D eigenvalue weighted by molar-refractivity contribution is 0.438.